The summed E-state index contributed by atoms with van der Waals surface area (Å²) in [5.74, 6) is 0.308. The first kappa shape index (κ1) is 16.8. The summed E-state index contributed by atoms with van der Waals surface area (Å²) in [4.78, 5) is 0. The molecule has 9 heteroatoms. The van der Waals surface area contributed by atoms with Gasteiger partial charge in [-0.2, -0.15) is 8.78 Å². The smallest absolute Gasteiger partial charge is 0.365 e. The Morgan fingerprint density at radius 3 is 2.77 bits per heavy atom. The van der Waals surface area contributed by atoms with Crippen LogP contribution < -0.4 is 4.74 Å². The van der Waals surface area contributed by atoms with Gasteiger partial charge in [0.15, 0.2) is 16.3 Å². The van der Waals surface area contributed by atoms with Crippen LogP contribution in [0, 0.1) is 0 Å². The van der Waals surface area contributed by atoms with Crippen molar-refractivity contribution < 1.29 is 35.6 Å². The topological polar surface area (TPSA) is 75.7 Å². The Bertz CT molecular complexity index is 674. The zero-order chi connectivity index (χ0) is 16.5. The Balaban J connectivity index is 2.09. The minimum Gasteiger partial charge on any atom is -0.743 e. The molecule has 0 saturated heterocycles. The maximum absolute atomic E-state index is 13.5. The number of benzene rings is 1. The van der Waals surface area contributed by atoms with Crippen molar-refractivity contribution in [3.8, 4) is 5.75 Å². The van der Waals surface area contributed by atoms with Crippen LogP contribution in [0.3, 0.4) is 0 Å². The summed E-state index contributed by atoms with van der Waals surface area (Å²) >= 11 is 0. The lowest BCUT2D eigenvalue weighted by atomic mass is 10.1. The van der Waals surface area contributed by atoms with E-state index in [9.17, 15) is 26.1 Å². The molecule has 1 heterocycles. The highest BCUT2D eigenvalue weighted by Crippen LogP contribution is 2.34. The molecule has 0 bridgehead atoms. The minimum absolute atomic E-state index is 0.0237. The lowest BCUT2D eigenvalue weighted by molar-refractivity contribution is -0.136. The molecule has 122 valence electrons. The highest BCUT2D eigenvalue weighted by atomic mass is 32.2. The van der Waals surface area contributed by atoms with Gasteiger partial charge in [0.1, 0.15) is 5.75 Å². The molecule has 0 radical (unpaired) electrons. The Hall–Kier alpha value is -1.58. The number of halogens is 3. The van der Waals surface area contributed by atoms with E-state index >= 15 is 0 Å². The molecule has 0 aliphatic carbocycles. The zero-order valence-electron chi connectivity index (χ0n) is 11.2. The largest absolute Gasteiger partial charge is 0.743 e. The number of fused-ring (bicyclic) bond motifs is 1. The minimum atomic E-state index is -6.10. The third-order valence-corrected chi connectivity index (χ3v) is 4.02. The molecule has 1 aromatic rings. The van der Waals surface area contributed by atoms with E-state index in [1.54, 1.807) is 18.2 Å². The Morgan fingerprint density at radius 2 is 2.18 bits per heavy atom. The van der Waals surface area contributed by atoms with Crippen molar-refractivity contribution in [3.63, 3.8) is 0 Å². The summed E-state index contributed by atoms with van der Waals surface area (Å²) in [6.45, 7) is 3.56. The van der Waals surface area contributed by atoms with E-state index in [1.165, 1.54) is 6.07 Å². The van der Waals surface area contributed by atoms with Crippen LogP contribution in [0.2, 0.25) is 0 Å². The number of hydrogen-bond acceptors (Lipinski definition) is 5. The van der Waals surface area contributed by atoms with Gasteiger partial charge >= 0.3 is 5.25 Å². The number of hydrogen-bond donors (Lipinski definition) is 0. The summed E-state index contributed by atoms with van der Waals surface area (Å²) in [7, 11) is -6.10. The molecule has 1 aliphatic rings. The first-order valence-corrected chi connectivity index (χ1v) is 7.57. The molecule has 1 aliphatic heterocycles. The van der Waals surface area contributed by atoms with Gasteiger partial charge in [-0.1, -0.05) is 18.7 Å². The Kier molecular flexibility index (Phi) is 4.50. The lowest BCUT2D eigenvalue weighted by Gasteiger charge is -2.30. The quantitative estimate of drug-likeness (QED) is 0.772. The first-order chi connectivity index (χ1) is 10.1. The second kappa shape index (κ2) is 5.90. The predicted octanol–water partition coefficient (Wildman–Crippen LogP) is 2.43. The van der Waals surface area contributed by atoms with E-state index in [-0.39, 0.29) is 6.61 Å². The second-order valence-corrected chi connectivity index (χ2v) is 6.10. The summed E-state index contributed by atoms with van der Waals surface area (Å²) in [6, 6.07) is 4.89. The normalized spacial score (nSPS) is 19.9. The molecule has 0 fully saturated rings. The van der Waals surface area contributed by atoms with Gasteiger partial charge in [0.25, 0.3) is 0 Å². The Morgan fingerprint density at radius 1 is 1.50 bits per heavy atom. The van der Waals surface area contributed by atoms with Gasteiger partial charge in [-0.05, 0) is 17.7 Å². The molecular weight excluding hydrogens is 325 g/mol. The van der Waals surface area contributed by atoms with E-state index in [4.69, 9.17) is 9.47 Å². The molecule has 0 spiro atoms. The fraction of sp³-hybridized carbons (Fsp3) is 0.385. The molecule has 22 heavy (non-hydrogen) atoms. The van der Waals surface area contributed by atoms with Crippen LogP contribution in [0.25, 0.3) is 6.08 Å². The summed E-state index contributed by atoms with van der Waals surface area (Å²) in [5, 5.41) is -5.04. The average Bonchev–Trinajstić information content (AvgIpc) is 2.45. The molecule has 2 unspecified atom stereocenters. The van der Waals surface area contributed by atoms with Gasteiger partial charge < -0.3 is 14.0 Å². The van der Waals surface area contributed by atoms with Crippen LogP contribution in [0.5, 0.6) is 5.75 Å². The number of ether oxygens (including phenoxy) is 2. The third kappa shape index (κ3) is 3.26. The van der Waals surface area contributed by atoms with Crippen molar-refractivity contribution in [2.24, 2.45) is 0 Å². The molecule has 0 N–H and O–H groups in total. The predicted molar refractivity (Wildman–Crippen MR) is 69.9 cm³/mol. The molecule has 0 amide bonds. The highest BCUT2D eigenvalue weighted by molar-refractivity contribution is 7.86. The van der Waals surface area contributed by atoms with Crippen molar-refractivity contribution in [2.75, 3.05) is 0 Å². The molecule has 0 aromatic heterocycles. The summed E-state index contributed by atoms with van der Waals surface area (Å²) < 4.78 is 80.9. The van der Waals surface area contributed by atoms with Crippen molar-refractivity contribution in [1.82, 2.24) is 0 Å². The molecule has 1 aromatic carbocycles. The number of alkyl halides is 3. The molecule has 2 rings (SSSR count). The van der Waals surface area contributed by atoms with Crippen LogP contribution in [0.4, 0.5) is 13.2 Å². The monoisotopic (exact) mass is 337 g/mol. The molecular formula is C13H12F3O5S-. The molecule has 0 saturated carbocycles. The fourth-order valence-corrected chi connectivity index (χ4v) is 2.30. The third-order valence-electron chi connectivity index (χ3n) is 3.10. The van der Waals surface area contributed by atoms with E-state index < -0.39 is 34.3 Å². The SMILES string of the molecule is C=Cc1ccc2c(c1)COC(CC(F)C(F)(F)S(=O)(=O)[O-])O2. The highest BCUT2D eigenvalue weighted by Gasteiger charge is 2.48. The van der Waals surface area contributed by atoms with Crippen LogP contribution in [-0.4, -0.2) is 30.7 Å². The van der Waals surface area contributed by atoms with Crippen LogP contribution >= 0.6 is 0 Å². The van der Waals surface area contributed by atoms with Gasteiger partial charge in [-0.3, -0.25) is 0 Å². The summed E-state index contributed by atoms with van der Waals surface area (Å²) in [5.41, 5.74) is 1.41. The molecule has 2 atom stereocenters. The second-order valence-electron chi connectivity index (χ2n) is 4.65. The first-order valence-electron chi connectivity index (χ1n) is 6.16. The standard InChI is InChI=1S/C13H13F3O5S/c1-2-8-3-4-10-9(5-8)7-20-12(21-10)6-11(14)13(15,16)22(17,18)19/h2-5,11-12H,1,6-7H2,(H,17,18,19)/p-1. The van der Waals surface area contributed by atoms with E-state index in [2.05, 4.69) is 6.58 Å². The fourth-order valence-electron chi connectivity index (χ4n) is 1.89. The van der Waals surface area contributed by atoms with Crippen LogP contribution in [-0.2, 0) is 21.5 Å². The van der Waals surface area contributed by atoms with Crippen LogP contribution in [0.1, 0.15) is 17.5 Å². The average molecular weight is 337 g/mol. The van der Waals surface area contributed by atoms with Crippen LogP contribution in [0.15, 0.2) is 24.8 Å². The van der Waals surface area contributed by atoms with Crippen molar-refractivity contribution in [2.45, 2.75) is 30.7 Å². The van der Waals surface area contributed by atoms with Gasteiger partial charge in [-0.15, -0.1) is 0 Å². The molecule has 5 nitrogen and oxygen atoms in total. The number of rotatable bonds is 5. The van der Waals surface area contributed by atoms with E-state index in [0.29, 0.717) is 11.3 Å². The maximum atomic E-state index is 13.5. The zero-order valence-corrected chi connectivity index (χ0v) is 12.0. The van der Waals surface area contributed by atoms with Crippen molar-refractivity contribution in [3.05, 3.63) is 35.9 Å². The van der Waals surface area contributed by atoms with Crippen molar-refractivity contribution in [1.29, 1.82) is 0 Å². The summed E-state index contributed by atoms with van der Waals surface area (Å²) in [6.07, 6.45) is -4.14. The lowest BCUT2D eigenvalue weighted by Crippen LogP contribution is -2.42. The van der Waals surface area contributed by atoms with Gasteiger partial charge in [0.05, 0.1) is 6.61 Å². The van der Waals surface area contributed by atoms with E-state index in [0.717, 1.165) is 5.56 Å². The van der Waals surface area contributed by atoms with Gasteiger partial charge in [0, 0.05) is 12.0 Å². The van der Waals surface area contributed by atoms with Gasteiger partial charge in [-0.25, -0.2) is 12.8 Å². The van der Waals surface area contributed by atoms with Crippen molar-refractivity contribution >= 4 is 16.2 Å². The van der Waals surface area contributed by atoms with Gasteiger partial charge in [0.2, 0.25) is 6.29 Å². The Labute approximate surface area is 125 Å². The van der Waals surface area contributed by atoms with E-state index in [1.807, 2.05) is 0 Å². The maximum Gasteiger partial charge on any atom is 0.365 e.